The van der Waals surface area contributed by atoms with Gasteiger partial charge in [-0.2, -0.15) is 0 Å². The van der Waals surface area contributed by atoms with Crippen molar-refractivity contribution < 1.29 is 14.6 Å². The van der Waals surface area contributed by atoms with Gasteiger partial charge in [0.1, 0.15) is 5.75 Å². The highest BCUT2D eigenvalue weighted by molar-refractivity contribution is 5.83. The molecule has 1 aromatic carbocycles. The lowest BCUT2D eigenvalue weighted by Gasteiger charge is -2.33. The Labute approximate surface area is 125 Å². The van der Waals surface area contributed by atoms with Gasteiger partial charge in [0.25, 0.3) is 5.91 Å². The lowest BCUT2D eigenvalue weighted by atomic mass is 9.85. The number of hydrogen-bond donors (Lipinski definition) is 3. The van der Waals surface area contributed by atoms with E-state index in [-0.39, 0.29) is 24.0 Å². The van der Waals surface area contributed by atoms with E-state index < -0.39 is 6.10 Å². The molecule has 2 atom stereocenters. The molecule has 1 heterocycles. The number of aliphatic hydroxyl groups excluding tert-OH is 1. The van der Waals surface area contributed by atoms with Gasteiger partial charge in [-0.3, -0.25) is 4.79 Å². The highest BCUT2D eigenvalue weighted by atomic mass is 16.5. The molecule has 1 aromatic rings. The molecule has 0 aromatic heterocycles. The van der Waals surface area contributed by atoms with Crippen LogP contribution >= 0.6 is 0 Å². The SMILES string of the molecule is CC(C)(C)C(CCO)NC(=O)C1CNc2ccccc2O1. The van der Waals surface area contributed by atoms with Gasteiger partial charge in [-0.15, -0.1) is 0 Å². The standard InChI is InChI=1S/C16H24N2O3/c1-16(2,3)14(8-9-19)18-15(20)13-10-17-11-6-4-5-7-12(11)21-13/h4-7,13-14,17,19H,8-10H2,1-3H3,(H,18,20). The van der Waals surface area contributed by atoms with Gasteiger partial charge in [0.15, 0.2) is 6.10 Å². The zero-order valence-corrected chi connectivity index (χ0v) is 12.8. The van der Waals surface area contributed by atoms with E-state index in [4.69, 9.17) is 9.84 Å². The van der Waals surface area contributed by atoms with Crippen molar-refractivity contribution in [2.45, 2.75) is 39.3 Å². The van der Waals surface area contributed by atoms with E-state index in [1.165, 1.54) is 0 Å². The lowest BCUT2D eigenvalue weighted by Crippen LogP contribution is -2.52. The van der Waals surface area contributed by atoms with Crippen LogP contribution in [0.15, 0.2) is 24.3 Å². The number of para-hydroxylation sites is 2. The number of amides is 1. The van der Waals surface area contributed by atoms with Gasteiger partial charge in [0, 0.05) is 12.6 Å². The van der Waals surface area contributed by atoms with Crippen LogP contribution < -0.4 is 15.4 Å². The molecule has 0 bridgehead atoms. The van der Waals surface area contributed by atoms with Crippen molar-refractivity contribution >= 4 is 11.6 Å². The van der Waals surface area contributed by atoms with Crippen LogP contribution in [0.25, 0.3) is 0 Å². The number of aliphatic hydroxyl groups is 1. The fourth-order valence-electron chi connectivity index (χ4n) is 2.37. The van der Waals surface area contributed by atoms with Crippen LogP contribution in [-0.2, 0) is 4.79 Å². The molecule has 0 radical (unpaired) electrons. The van der Waals surface area contributed by atoms with Crippen molar-refractivity contribution in [2.75, 3.05) is 18.5 Å². The maximum Gasteiger partial charge on any atom is 0.263 e. The summed E-state index contributed by atoms with van der Waals surface area (Å²) in [6, 6.07) is 7.48. The zero-order valence-electron chi connectivity index (χ0n) is 12.8. The Bertz CT molecular complexity index is 497. The number of nitrogens with one attached hydrogen (secondary N) is 2. The van der Waals surface area contributed by atoms with Gasteiger partial charge >= 0.3 is 0 Å². The molecule has 5 nitrogen and oxygen atoms in total. The number of ether oxygens (including phenoxy) is 1. The van der Waals surface area contributed by atoms with Gasteiger partial charge in [0.05, 0.1) is 12.2 Å². The van der Waals surface area contributed by atoms with Crippen LogP contribution in [-0.4, -0.2) is 36.3 Å². The molecule has 1 amide bonds. The lowest BCUT2D eigenvalue weighted by molar-refractivity contribution is -0.129. The molecule has 0 saturated carbocycles. The van der Waals surface area contributed by atoms with E-state index in [0.717, 1.165) is 5.69 Å². The first-order valence-electron chi connectivity index (χ1n) is 7.32. The number of rotatable bonds is 4. The minimum absolute atomic E-state index is 0.0504. The summed E-state index contributed by atoms with van der Waals surface area (Å²) in [6.45, 7) is 6.63. The summed E-state index contributed by atoms with van der Waals surface area (Å²) in [7, 11) is 0. The Morgan fingerprint density at radius 3 is 2.86 bits per heavy atom. The first-order valence-corrected chi connectivity index (χ1v) is 7.32. The van der Waals surface area contributed by atoms with Crippen LogP contribution in [0.4, 0.5) is 5.69 Å². The van der Waals surface area contributed by atoms with Gasteiger partial charge in [-0.1, -0.05) is 32.9 Å². The number of carbonyl (C=O) groups is 1. The maximum absolute atomic E-state index is 12.4. The van der Waals surface area contributed by atoms with Gasteiger partial charge < -0.3 is 20.5 Å². The third-order valence-electron chi connectivity index (χ3n) is 3.71. The predicted molar refractivity (Wildman–Crippen MR) is 82.4 cm³/mol. The van der Waals surface area contributed by atoms with Crippen molar-refractivity contribution in [3.05, 3.63) is 24.3 Å². The summed E-state index contributed by atoms with van der Waals surface area (Å²) < 4.78 is 5.75. The molecule has 116 valence electrons. The Kier molecular flexibility index (Phi) is 4.73. The van der Waals surface area contributed by atoms with E-state index in [2.05, 4.69) is 10.6 Å². The topological polar surface area (TPSA) is 70.6 Å². The number of hydrogen-bond acceptors (Lipinski definition) is 4. The number of carbonyl (C=O) groups excluding carboxylic acids is 1. The monoisotopic (exact) mass is 292 g/mol. The number of benzene rings is 1. The van der Waals surface area contributed by atoms with E-state index in [1.54, 1.807) is 0 Å². The van der Waals surface area contributed by atoms with Crippen molar-refractivity contribution in [3.8, 4) is 5.75 Å². The summed E-state index contributed by atoms with van der Waals surface area (Å²) in [5.74, 6) is 0.545. The largest absolute Gasteiger partial charge is 0.477 e. The molecule has 3 N–H and O–H groups in total. The smallest absolute Gasteiger partial charge is 0.263 e. The third kappa shape index (κ3) is 3.88. The van der Waals surface area contributed by atoms with Crippen LogP contribution in [0.1, 0.15) is 27.2 Å². The second-order valence-electron chi connectivity index (χ2n) is 6.42. The van der Waals surface area contributed by atoms with E-state index in [9.17, 15) is 4.79 Å². The average molecular weight is 292 g/mol. The molecule has 0 aliphatic carbocycles. The molecule has 2 rings (SSSR count). The van der Waals surface area contributed by atoms with E-state index in [0.29, 0.717) is 18.7 Å². The second kappa shape index (κ2) is 6.35. The molecule has 0 spiro atoms. The predicted octanol–water partition coefficient (Wildman–Crippen LogP) is 1.77. The van der Waals surface area contributed by atoms with Crippen LogP contribution in [0, 0.1) is 5.41 Å². The summed E-state index contributed by atoms with van der Waals surface area (Å²) in [4.78, 5) is 12.4. The highest BCUT2D eigenvalue weighted by Crippen LogP contribution is 2.28. The first-order chi connectivity index (χ1) is 9.91. The molecule has 0 saturated heterocycles. The minimum Gasteiger partial charge on any atom is -0.477 e. The maximum atomic E-state index is 12.4. The minimum atomic E-state index is -0.552. The zero-order chi connectivity index (χ0) is 15.5. The fourth-order valence-corrected chi connectivity index (χ4v) is 2.37. The normalized spacial score (nSPS) is 19.0. The quantitative estimate of drug-likeness (QED) is 0.791. The van der Waals surface area contributed by atoms with Crippen LogP contribution in [0.2, 0.25) is 0 Å². The molecular formula is C16H24N2O3. The summed E-state index contributed by atoms with van der Waals surface area (Å²) in [5, 5.41) is 15.4. The molecule has 0 fully saturated rings. The Morgan fingerprint density at radius 2 is 2.19 bits per heavy atom. The van der Waals surface area contributed by atoms with E-state index in [1.807, 2.05) is 45.0 Å². The van der Waals surface area contributed by atoms with Crippen molar-refractivity contribution in [2.24, 2.45) is 5.41 Å². The van der Waals surface area contributed by atoms with E-state index >= 15 is 0 Å². The van der Waals surface area contributed by atoms with Crippen LogP contribution in [0.3, 0.4) is 0 Å². The average Bonchev–Trinajstić information content (AvgIpc) is 2.45. The summed E-state index contributed by atoms with van der Waals surface area (Å²) >= 11 is 0. The Morgan fingerprint density at radius 1 is 1.48 bits per heavy atom. The van der Waals surface area contributed by atoms with Crippen LogP contribution in [0.5, 0.6) is 5.75 Å². The van der Waals surface area contributed by atoms with Crippen molar-refractivity contribution in [3.63, 3.8) is 0 Å². The van der Waals surface area contributed by atoms with Crippen molar-refractivity contribution in [1.29, 1.82) is 0 Å². The molecule has 21 heavy (non-hydrogen) atoms. The van der Waals surface area contributed by atoms with Gasteiger partial charge in [-0.25, -0.2) is 0 Å². The Balaban J connectivity index is 2.01. The summed E-state index contributed by atoms with van der Waals surface area (Å²) in [5.41, 5.74) is 0.794. The molecule has 5 heteroatoms. The van der Waals surface area contributed by atoms with Crippen molar-refractivity contribution in [1.82, 2.24) is 5.32 Å². The molecule has 2 unspecified atom stereocenters. The third-order valence-corrected chi connectivity index (χ3v) is 3.71. The van der Waals surface area contributed by atoms with Gasteiger partial charge in [0.2, 0.25) is 0 Å². The molecule has 1 aliphatic rings. The number of fused-ring (bicyclic) bond motifs is 1. The van der Waals surface area contributed by atoms with Gasteiger partial charge in [-0.05, 0) is 24.0 Å². The summed E-state index contributed by atoms with van der Waals surface area (Å²) in [6.07, 6.45) is -0.0187. The molecular weight excluding hydrogens is 268 g/mol. The Hall–Kier alpha value is -1.75. The molecule has 1 aliphatic heterocycles. The first kappa shape index (κ1) is 15.6. The number of anilines is 1. The fraction of sp³-hybridized carbons (Fsp3) is 0.562. The highest BCUT2D eigenvalue weighted by Gasteiger charge is 2.31. The second-order valence-corrected chi connectivity index (χ2v) is 6.42.